The van der Waals surface area contributed by atoms with Gasteiger partial charge in [0.25, 0.3) is 5.69 Å². The predicted molar refractivity (Wildman–Crippen MR) is 113 cm³/mol. The maximum Gasteiger partial charge on any atom is 0.274 e. The quantitative estimate of drug-likeness (QED) is 0.551. The Morgan fingerprint density at radius 2 is 1.67 bits per heavy atom. The average Bonchev–Trinajstić information content (AvgIpc) is 2.91. The standard InChI is InChI=1S/C22H24N2O6/c1-21(2)18-15(27-4)7-8-16(28-5)19(18)23(3)22(21)10-9-13-11-14(24(25)26)12-17(29-6)20(13)30-22/h7-12H,1-6H3. The van der Waals surface area contributed by atoms with Crippen molar-refractivity contribution in [2.75, 3.05) is 33.3 Å². The lowest BCUT2D eigenvalue weighted by atomic mass is 9.76. The lowest BCUT2D eigenvalue weighted by Gasteiger charge is -2.45. The molecule has 2 aliphatic rings. The summed E-state index contributed by atoms with van der Waals surface area (Å²) >= 11 is 0. The molecule has 1 spiro atoms. The minimum atomic E-state index is -0.923. The highest BCUT2D eigenvalue weighted by molar-refractivity contribution is 5.80. The van der Waals surface area contributed by atoms with Gasteiger partial charge in [-0.25, -0.2) is 0 Å². The molecule has 0 N–H and O–H groups in total. The fourth-order valence-corrected chi connectivity index (χ4v) is 4.60. The summed E-state index contributed by atoms with van der Waals surface area (Å²) in [5, 5.41) is 11.3. The molecule has 2 aromatic rings. The van der Waals surface area contributed by atoms with Crippen molar-refractivity contribution in [3.63, 3.8) is 0 Å². The number of rotatable bonds is 4. The topological polar surface area (TPSA) is 83.3 Å². The summed E-state index contributed by atoms with van der Waals surface area (Å²) < 4.78 is 23.4. The Bertz CT molecular complexity index is 1080. The molecule has 2 aliphatic heterocycles. The van der Waals surface area contributed by atoms with E-state index in [1.54, 1.807) is 14.2 Å². The van der Waals surface area contributed by atoms with E-state index in [0.29, 0.717) is 22.8 Å². The first-order valence-electron chi connectivity index (χ1n) is 9.45. The highest BCUT2D eigenvalue weighted by Crippen LogP contribution is 2.60. The average molecular weight is 412 g/mol. The zero-order chi connectivity index (χ0) is 21.8. The summed E-state index contributed by atoms with van der Waals surface area (Å²) in [4.78, 5) is 12.9. The van der Waals surface area contributed by atoms with Crippen LogP contribution in [-0.2, 0) is 5.41 Å². The molecule has 1 atom stereocenters. The fourth-order valence-electron chi connectivity index (χ4n) is 4.60. The van der Waals surface area contributed by atoms with Gasteiger partial charge in [0, 0.05) is 24.2 Å². The fraction of sp³-hybridized carbons (Fsp3) is 0.364. The smallest absolute Gasteiger partial charge is 0.274 e. The van der Waals surface area contributed by atoms with Crippen molar-refractivity contribution in [2.45, 2.75) is 25.0 Å². The largest absolute Gasteiger partial charge is 0.496 e. The highest BCUT2D eigenvalue weighted by Gasteiger charge is 2.60. The summed E-state index contributed by atoms with van der Waals surface area (Å²) in [6.07, 6.45) is 3.77. The van der Waals surface area contributed by atoms with E-state index < -0.39 is 16.1 Å². The monoisotopic (exact) mass is 412 g/mol. The molecule has 158 valence electrons. The minimum Gasteiger partial charge on any atom is -0.496 e. The molecule has 2 aromatic carbocycles. The highest BCUT2D eigenvalue weighted by atomic mass is 16.6. The van der Waals surface area contributed by atoms with Gasteiger partial charge < -0.3 is 23.8 Å². The minimum absolute atomic E-state index is 0.0551. The van der Waals surface area contributed by atoms with Gasteiger partial charge in [-0.1, -0.05) is 0 Å². The molecule has 1 unspecified atom stereocenters. The van der Waals surface area contributed by atoms with E-state index in [4.69, 9.17) is 18.9 Å². The summed E-state index contributed by atoms with van der Waals surface area (Å²) in [6, 6.07) is 6.61. The molecule has 8 nitrogen and oxygen atoms in total. The van der Waals surface area contributed by atoms with E-state index in [9.17, 15) is 10.1 Å². The van der Waals surface area contributed by atoms with Crippen molar-refractivity contribution in [3.8, 4) is 23.0 Å². The van der Waals surface area contributed by atoms with E-state index in [1.807, 2.05) is 36.2 Å². The van der Waals surface area contributed by atoms with Gasteiger partial charge in [0.2, 0.25) is 5.72 Å². The van der Waals surface area contributed by atoms with Crippen molar-refractivity contribution >= 4 is 17.5 Å². The van der Waals surface area contributed by atoms with E-state index in [-0.39, 0.29) is 5.69 Å². The zero-order valence-electron chi connectivity index (χ0n) is 17.8. The number of benzene rings is 2. The third-order valence-corrected chi connectivity index (χ3v) is 6.14. The van der Waals surface area contributed by atoms with Crippen LogP contribution in [-0.4, -0.2) is 39.0 Å². The van der Waals surface area contributed by atoms with E-state index in [1.165, 1.54) is 19.2 Å². The number of fused-ring (bicyclic) bond motifs is 2. The summed E-state index contributed by atoms with van der Waals surface area (Å²) in [6.45, 7) is 4.15. The normalized spacial score (nSPS) is 20.4. The molecular weight excluding hydrogens is 388 g/mol. The maximum absolute atomic E-state index is 11.3. The SMILES string of the molecule is COc1cc([N+](=O)[O-])cc2c1OC1(C=C2)N(C)c2c(OC)ccc(OC)c2C1(C)C. The number of nitrogens with zero attached hydrogens (tertiary/aromatic N) is 2. The molecular formula is C22H24N2O6. The van der Waals surface area contributed by atoms with Crippen molar-refractivity contribution in [1.29, 1.82) is 0 Å². The van der Waals surface area contributed by atoms with Gasteiger partial charge >= 0.3 is 0 Å². The molecule has 0 fully saturated rings. The molecule has 30 heavy (non-hydrogen) atoms. The van der Waals surface area contributed by atoms with Crippen LogP contribution in [0.15, 0.2) is 30.3 Å². The molecule has 0 saturated carbocycles. The zero-order valence-corrected chi connectivity index (χ0v) is 17.8. The first-order valence-corrected chi connectivity index (χ1v) is 9.45. The van der Waals surface area contributed by atoms with Crippen LogP contribution in [0.4, 0.5) is 11.4 Å². The van der Waals surface area contributed by atoms with Crippen LogP contribution in [0.3, 0.4) is 0 Å². The lowest BCUT2D eigenvalue weighted by Crippen LogP contribution is -2.58. The number of hydrogen-bond acceptors (Lipinski definition) is 7. The van der Waals surface area contributed by atoms with Crippen LogP contribution in [0.5, 0.6) is 23.0 Å². The molecule has 0 saturated heterocycles. The molecule has 0 amide bonds. The molecule has 0 bridgehead atoms. The van der Waals surface area contributed by atoms with Crippen molar-refractivity contribution in [3.05, 3.63) is 51.6 Å². The molecule has 0 aliphatic carbocycles. The number of hydrogen-bond donors (Lipinski definition) is 0. The number of ether oxygens (including phenoxy) is 4. The molecule has 8 heteroatoms. The van der Waals surface area contributed by atoms with Crippen LogP contribution < -0.4 is 23.8 Å². The number of nitro groups is 1. The van der Waals surface area contributed by atoms with Crippen LogP contribution in [0.25, 0.3) is 6.08 Å². The molecule has 0 aromatic heterocycles. The number of non-ortho nitro benzene ring substituents is 1. The second kappa shape index (κ2) is 6.55. The van der Waals surface area contributed by atoms with Crippen LogP contribution in [0, 0.1) is 10.1 Å². The van der Waals surface area contributed by atoms with E-state index in [2.05, 4.69) is 13.8 Å². The summed E-state index contributed by atoms with van der Waals surface area (Å²) in [5.74, 6) is 2.20. The Morgan fingerprint density at radius 1 is 1.03 bits per heavy atom. The predicted octanol–water partition coefficient (Wildman–Crippen LogP) is 4.15. The number of anilines is 1. The van der Waals surface area contributed by atoms with Crippen LogP contribution in [0.2, 0.25) is 0 Å². The van der Waals surface area contributed by atoms with E-state index >= 15 is 0 Å². The first kappa shape index (κ1) is 19.9. The number of likely N-dealkylation sites (N-methyl/N-ethyl adjacent to an activating group) is 1. The van der Waals surface area contributed by atoms with Crippen molar-refractivity contribution < 1.29 is 23.9 Å². The second-order valence-corrected chi connectivity index (χ2v) is 7.83. The van der Waals surface area contributed by atoms with Gasteiger partial charge in [-0.15, -0.1) is 0 Å². The van der Waals surface area contributed by atoms with Gasteiger partial charge in [0.1, 0.15) is 11.5 Å². The van der Waals surface area contributed by atoms with Crippen LogP contribution >= 0.6 is 0 Å². The van der Waals surface area contributed by atoms with Gasteiger partial charge in [-0.2, -0.15) is 0 Å². The summed E-state index contributed by atoms with van der Waals surface area (Å²) in [7, 11) is 6.67. The van der Waals surface area contributed by atoms with Crippen molar-refractivity contribution in [2.24, 2.45) is 0 Å². The number of nitro benzene ring substituents is 1. The summed E-state index contributed by atoms with van der Waals surface area (Å²) in [5.41, 5.74) is 0.883. The Labute approximate surface area is 174 Å². The molecule has 0 radical (unpaired) electrons. The van der Waals surface area contributed by atoms with E-state index in [0.717, 1.165) is 17.0 Å². The van der Waals surface area contributed by atoms with Crippen molar-refractivity contribution in [1.82, 2.24) is 0 Å². The Kier molecular flexibility index (Phi) is 4.34. The first-order chi connectivity index (χ1) is 14.2. The molecule has 4 rings (SSSR count). The maximum atomic E-state index is 11.3. The van der Waals surface area contributed by atoms with Gasteiger partial charge in [0.05, 0.1) is 43.4 Å². The molecule has 2 heterocycles. The Morgan fingerprint density at radius 3 is 2.27 bits per heavy atom. The number of methoxy groups -OCH3 is 3. The van der Waals surface area contributed by atoms with Gasteiger partial charge in [0.15, 0.2) is 11.5 Å². The van der Waals surface area contributed by atoms with Gasteiger partial charge in [-0.05, 0) is 38.1 Å². The Balaban J connectivity index is 1.94. The third-order valence-electron chi connectivity index (χ3n) is 6.14. The van der Waals surface area contributed by atoms with Crippen LogP contribution in [0.1, 0.15) is 25.0 Å². The third kappa shape index (κ3) is 2.39. The van der Waals surface area contributed by atoms with Gasteiger partial charge in [-0.3, -0.25) is 10.1 Å². The Hall–Kier alpha value is -3.42. The lowest BCUT2D eigenvalue weighted by molar-refractivity contribution is -0.385. The second-order valence-electron chi connectivity index (χ2n) is 7.83.